The summed E-state index contributed by atoms with van der Waals surface area (Å²) in [5.74, 6) is -0.0726. The number of benzene rings is 2. The lowest BCUT2D eigenvalue weighted by Crippen LogP contribution is -2.36. The van der Waals surface area contributed by atoms with Crippen LogP contribution in [-0.2, 0) is 23.0 Å². The first-order valence-electron chi connectivity index (χ1n) is 7.95. The second kappa shape index (κ2) is 6.75. The van der Waals surface area contributed by atoms with E-state index in [1.54, 1.807) is 19.1 Å². The fourth-order valence-electron chi connectivity index (χ4n) is 2.82. The Kier molecular flexibility index (Phi) is 4.69. The van der Waals surface area contributed by atoms with Crippen molar-refractivity contribution in [2.75, 3.05) is 17.6 Å². The van der Waals surface area contributed by atoms with E-state index in [9.17, 15) is 13.2 Å². The van der Waals surface area contributed by atoms with Crippen LogP contribution in [0.2, 0.25) is 0 Å². The zero-order valence-electron chi connectivity index (χ0n) is 13.5. The number of rotatable bonds is 4. The molecule has 1 aliphatic rings. The topological polar surface area (TPSA) is 66.5 Å². The van der Waals surface area contributed by atoms with Gasteiger partial charge in [-0.1, -0.05) is 24.3 Å². The van der Waals surface area contributed by atoms with Crippen molar-refractivity contribution in [3.63, 3.8) is 0 Å². The predicted molar refractivity (Wildman–Crippen MR) is 94.4 cm³/mol. The van der Waals surface area contributed by atoms with E-state index in [-0.39, 0.29) is 11.7 Å². The minimum absolute atomic E-state index is 0.104. The van der Waals surface area contributed by atoms with E-state index in [1.807, 2.05) is 36.4 Å². The minimum Gasteiger partial charge on any atom is -0.322 e. The van der Waals surface area contributed by atoms with Crippen LogP contribution >= 0.6 is 0 Å². The van der Waals surface area contributed by atoms with Gasteiger partial charge >= 0.3 is 0 Å². The third-order valence-electron chi connectivity index (χ3n) is 4.24. The van der Waals surface area contributed by atoms with Crippen molar-refractivity contribution in [3.8, 4) is 0 Å². The van der Waals surface area contributed by atoms with Crippen LogP contribution in [0, 0.1) is 0 Å². The fraction of sp³-hybridized carbons (Fsp3) is 0.278. The summed E-state index contributed by atoms with van der Waals surface area (Å²) in [6, 6.07) is 14.7. The number of anilines is 1. The summed E-state index contributed by atoms with van der Waals surface area (Å²) < 4.78 is 25.6. The molecule has 0 radical (unpaired) electrons. The van der Waals surface area contributed by atoms with Gasteiger partial charge in [-0.05, 0) is 48.7 Å². The van der Waals surface area contributed by atoms with Gasteiger partial charge in [0.1, 0.15) is 0 Å². The number of fused-ring (bicyclic) bond motifs is 1. The first-order valence-corrected chi connectivity index (χ1v) is 9.56. The number of nitrogens with zero attached hydrogens (tertiary/aromatic N) is 1. The van der Waals surface area contributed by atoms with Crippen molar-refractivity contribution in [3.05, 3.63) is 65.2 Å². The molecular formula is C18H20N2O3S. The molecular weight excluding hydrogens is 324 g/mol. The van der Waals surface area contributed by atoms with Gasteiger partial charge in [-0.25, -0.2) is 8.42 Å². The lowest BCUT2D eigenvalue weighted by Gasteiger charge is -2.28. The van der Waals surface area contributed by atoms with Crippen LogP contribution in [0.4, 0.5) is 5.69 Å². The van der Waals surface area contributed by atoms with Gasteiger partial charge in [0.15, 0.2) is 0 Å². The number of carbonyl (C=O) groups is 1. The highest BCUT2D eigenvalue weighted by molar-refractivity contribution is 7.89. The highest BCUT2D eigenvalue weighted by Gasteiger charge is 2.25. The van der Waals surface area contributed by atoms with Gasteiger partial charge in [-0.2, -0.15) is 4.31 Å². The SMILES string of the molecule is CCS(=O)(=O)N1CCc2ccc(NC(=O)c3ccccc3)cc2C1. The molecule has 0 spiro atoms. The highest BCUT2D eigenvalue weighted by atomic mass is 32.2. The average Bonchev–Trinajstić information content (AvgIpc) is 2.61. The summed E-state index contributed by atoms with van der Waals surface area (Å²) in [4.78, 5) is 12.2. The monoisotopic (exact) mass is 344 g/mol. The molecule has 0 unspecified atom stereocenters. The van der Waals surface area contributed by atoms with Crippen molar-refractivity contribution in [1.82, 2.24) is 4.31 Å². The number of hydrogen-bond donors (Lipinski definition) is 1. The van der Waals surface area contributed by atoms with E-state index in [4.69, 9.17) is 0 Å². The van der Waals surface area contributed by atoms with Crippen LogP contribution in [0.15, 0.2) is 48.5 Å². The van der Waals surface area contributed by atoms with Crippen LogP contribution in [0.25, 0.3) is 0 Å². The molecule has 6 heteroatoms. The lowest BCUT2D eigenvalue weighted by atomic mass is 10.0. The van der Waals surface area contributed by atoms with E-state index in [0.29, 0.717) is 30.8 Å². The minimum atomic E-state index is -3.20. The molecule has 0 saturated heterocycles. The fourth-order valence-corrected chi connectivity index (χ4v) is 3.89. The largest absolute Gasteiger partial charge is 0.322 e. The van der Waals surface area contributed by atoms with Crippen LogP contribution in [-0.4, -0.2) is 30.9 Å². The zero-order chi connectivity index (χ0) is 17.2. The maximum Gasteiger partial charge on any atom is 0.255 e. The number of sulfonamides is 1. The molecule has 5 nitrogen and oxygen atoms in total. The van der Waals surface area contributed by atoms with Gasteiger partial charge < -0.3 is 5.32 Å². The summed E-state index contributed by atoms with van der Waals surface area (Å²) in [7, 11) is -3.20. The molecule has 1 N–H and O–H groups in total. The molecule has 1 heterocycles. The quantitative estimate of drug-likeness (QED) is 0.927. The van der Waals surface area contributed by atoms with Crippen molar-refractivity contribution < 1.29 is 13.2 Å². The van der Waals surface area contributed by atoms with E-state index >= 15 is 0 Å². The summed E-state index contributed by atoms with van der Waals surface area (Å²) in [5.41, 5.74) is 3.35. The summed E-state index contributed by atoms with van der Waals surface area (Å²) >= 11 is 0. The predicted octanol–water partition coefficient (Wildman–Crippen LogP) is 2.65. The molecule has 1 amide bonds. The molecule has 24 heavy (non-hydrogen) atoms. The Morgan fingerprint density at radius 1 is 1.12 bits per heavy atom. The van der Waals surface area contributed by atoms with Crippen LogP contribution < -0.4 is 5.32 Å². The summed E-state index contributed by atoms with van der Waals surface area (Å²) in [6.07, 6.45) is 0.696. The lowest BCUT2D eigenvalue weighted by molar-refractivity contribution is 0.102. The van der Waals surface area contributed by atoms with Crippen LogP contribution in [0.5, 0.6) is 0 Å². The van der Waals surface area contributed by atoms with Crippen LogP contribution in [0.3, 0.4) is 0 Å². The number of amides is 1. The van der Waals surface area contributed by atoms with Crippen molar-refractivity contribution in [1.29, 1.82) is 0 Å². The molecule has 0 atom stereocenters. The molecule has 1 aliphatic heterocycles. The third-order valence-corrected chi connectivity index (χ3v) is 6.06. The first-order chi connectivity index (χ1) is 11.5. The van der Waals surface area contributed by atoms with Gasteiger partial charge in [0, 0.05) is 24.3 Å². The van der Waals surface area contributed by atoms with Gasteiger partial charge in [-0.3, -0.25) is 4.79 Å². The van der Waals surface area contributed by atoms with Gasteiger partial charge in [0.2, 0.25) is 10.0 Å². The van der Waals surface area contributed by atoms with E-state index in [2.05, 4.69) is 5.32 Å². The van der Waals surface area contributed by atoms with Crippen molar-refractivity contribution >= 4 is 21.6 Å². The van der Waals surface area contributed by atoms with Gasteiger partial charge in [0.25, 0.3) is 5.91 Å². The van der Waals surface area contributed by atoms with E-state index in [0.717, 1.165) is 11.1 Å². The number of hydrogen-bond acceptors (Lipinski definition) is 3. The van der Waals surface area contributed by atoms with Crippen molar-refractivity contribution in [2.45, 2.75) is 19.9 Å². The zero-order valence-corrected chi connectivity index (χ0v) is 14.3. The van der Waals surface area contributed by atoms with E-state index in [1.165, 1.54) is 4.31 Å². The summed E-state index contributed by atoms with van der Waals surface area (Å²) in [6.45, 7) is 2.53. The number of carbonyl (C=O) groups excluding carboxylic acids is 1. The second-order valence-electron chi connectivity index (χ2n) is 5.79. The molecule has 3 rings (SSSR count). The maximum absolute atomic E-state index is 12.2. The molecule has 0 fully saturated rings. The summed E-state index contributed by atoms with van der Waals surface area (Å²) in [5, 5.41) is 2.87. The molecule has 2 aromatic carbocycles. The molecule has 126 valence electrons. The Labute approximate surface area is 142 Å². The molecule has 0 saturated carbocycles. The standard InChI is InChI=1S/C18H20N2O3S/c1-2-24(22,23)20-11-10-14-8-9-17(12-16(14)13-20)19-18(21)15-6-4-3-5-7-15/h3-9,12H,2,10-11,13H2,1H3,(H,19,21). The number of nitrogens with one attached hydrogen (secondary N) is 1. The molecule has 0 aromatic heterocycles. The Hall–Kier alpha value is -2.18. The van der Waals surface area contributed by atoms with Gasteiger partial charge in [0.05, 0.1) is 5.75 Å². The first kappa shape index (κ1) is 16.7. The smallest absolute Gasteiger partial charge is 0.255 e. The van der Waals surface area contributed by atoms with Gasteiger partial charge in [-0.15, -0.1) is 0 Å². The molecule has 0 aliphatic carbocycles. The maximum atomic E-state index is 12.2. The Bertz CT molecular complexity index is 848. The third kappa shape index (κ3) is 3.49. The van der Waals surface area contributed by atoms with Crippen molar-refractivity contribution in [2.24, 2.45) is 0 Å². The van der Waals surface area contributed by atoms with Crippen LogP contribution in [0.1, 0.15) is 28.4 Å². The normalized spacial score (nSPS) is 14.9. The van der Waals surface area contributed by atoms with E-state index < -0.39 is 10.0 Å². The second-order valence-corrected chi connectivity index (χ2v) is 8.05. The highest BCUT2D eigenvalue weighted by Crippen LogP contribution is 2.24. The molecule has 0 bridgehead atoms. The Morgan fingerprint density at radius 3 is 2.58 bits per heavy atom. The Balaban J connectivity index is 1.79. The average molecular weight is 344 g/mol. The Morgan fingerprint density at radius 2 is 1.88 bits per heavy atom. The molecule has 2 aromatic rings.